The lowest BCUT2D eigenvalue weighted by molar-refractivity contribution is -0.137. The van der Waals surface area contributed by atoms with Gasteiger partial charge < -0.3 is 5.32 Å². The standard InChI is InChI=1S/C21H20F3N2/c1-2-3-6-13-25-20-14-16(21(22,23)24)10-11-17(20)19-12-9-15-7-4-5-8-18(15)26-19/h4,7-12,14,25H,2-3,6,13H2,1H3. The summed E-state index contributed by atoms with van der Waals surface area (Å²) in [6.07, 6.45) is -1.37. The summed E-state index contributed by atoms with van der Waals surface area (Å²) in [5, 5.41) is 4.13. The first-order valence-corrected chi connectivity index (χ1v) is 8.71. The van der Waals surface area contributed by atoms with E-state index in [1.807, 2.05) is 24.3 Å². The van der Waals surface area contributed by atoms with Gasteiger partial charge in [-0.2, -0.15) is 13.2 Å². The maximum Gasteiger partial charge on any atom is 0.416 e. The Labute approximate surface area is 151 Å². The van der Waals surface area contributed by atoms with Crippen molar-refractivity contribution in [1.82, 2.24) is 4.98 Å². The van der Waals surface area contributed by atoms with Crippen molar-refractivity contribution in [2.45, 2.75) is 32.4 Å². The molecule has 5 heteroatoms. The van der Waals surface area contributed by atoms with Crippen molar-refractivity contribution in [3.05, 3.63) is 60.2 Å². The Morgan fingerprint density at radius 3 is 2.69 bits per heavy atom. The summed E-state index contributed by atoms with van der Waals surface area (Å²) in [4.78, 5) is 4.59. The second-order valence-corrected chi connectivity index (χ2v) is 6.21. The van der Waals surface area contributed by atoms with Crippen LogP contribution in [0.25, 0.3) is 22.2 Å². The van der Waals surface area contributed by atoms with E-state index in [0.717, 1.165) is 36.2 Å². The largest absolute Gasteiger partial charge is 0.416 e. The van der Waals surface area contributed by atoms with Crippen LogP contribution in [-0.4, -0.2) is 11.5 Å². The fourth-order valence-corrected chi connectivity index (χ4v) is 2.85. The maximum absolute atomic E-state index is 13.1. The van der Waals surface area contributed by atoms with Gasteiger partial charge in [-0.25, -0.2) is 4.98 Å². The smallest absolute Gasteiger partial charge is 0.384 e. The van der Waals surface area contributed by atoms with E-state index in [4.69, 9.17) is 0 Å². The lowest BCUT2D eigenvalue weighted by Gasteiger charge is -2.15. The maximum atomic E-state index is 13.1. The molecule has 0 unspecified atom stereocenters. The van der Waals surface area contributed by atoms with E-state index in [1.165, 1.54) is 12.1 Å². The third kappa shape index (κ3) is 4.15. The molecule has 0 fully saturated rings. The minimum Gasteiger partial charge on any atom is -0.384 e. The van der Waals surface area contributed by atoms with Crippen LogP contribution in [0.15, 0.2) is 48.5 Å². The minimum absolute atomic E-state index is 0.461. The summed E-state index contributed by atoms with van der Waals surface area (Å²) in [7, 11) is 0. The molecule has 1 aromatic heterocycles. The topological polar surface area (TPSA) is 24.9 Å². The molecule has 135 valence electrons. The summed E-state index contributed by atoms with van der Waals surface area (Å²) in [6, 6.07) is 16.0. The molecule has 0 saturated heterocycles. The van der Waals surface area contributed by atoms with Gasteiger partial charge in [-0.05, 0) is 36.8 Å². The number of hydrogen-bond donors (Lipinski definition) is 1. The van der Waals surface area contributed by atoms with E-state index in [-0.39, 0.29) is 0 Å². The Morgan fingerprint density at radius 1 is 1.08 bits per heavy atom. The van der Waals surface area contributed by atoms with Crippen LogP contribution in [-0.2, 0) is 6.18 Å². The predicted octanol–water partition coefficient (Wildman–Crippen LogP) is 6.32. The van der Waals surface area contributed by atoms with Gasteiger partial charge in [-0.15, -0.1) is 0 Å². The second-order valence-electron chi connectivity index (χ2n) is 6.21. The summed E-state index contributed by atoms with van der Waals surface area (Å²) in [6.45, 7) is 2.72. The third-order valence-corrected chi connectivity index (χ3v) is 4.26. The number of rotatable bonds is 6. The van der Waals surface area contributed by atoms with Crippen LogP contribution in [0.1, 0.15) is 31.7 Å². The van der Waals surface area contributed by atoms with E-state index in [9.17, 15) is 13.2 Å². The monoisotopic (exact) mass is 357 g/mol. The van der Waals surface area contributed by atoms with E-state index in [2.05, 4.69) is 23.3 Å². The van der Waals surface area contributed by atoms with Gasteiger partial charge in [0, 0.05) is 23.2 Å². The zero-order valence-electron chi connectivity index (χ0n) is 14.5. The number of alkyl halides is 3. The molecule has 0 atom stereocenters. The average molecular weight is 357 g/mol. The van der Waals surface area contributed by atoms with Crippen molar-refractivity contribution in [3.63, 3.8) is 0 Å². The Hall–Kier alpha value is -2.56. The normalized spacial score (nSPS) is 11.7. The molecule has 0 aliphatic carbocycles. The van der Waals surface area contributed by atoms with Crippen LogP contribution in [0.4, 0.5) is 18.9 Å². The lowest BCUT2D eigenvalue weighted by atomic mass is 10.0. The number of hydrogen-bond acceptors (Lipinski definition) is 2. The number of nitrogens with one attached hydrogen (secondary N) is 1. The molecule has 0 bridgehead atoms. The Bertz CT molecular complexity index is 888. The highest BCUT2D eigenvalue weighted by Crippen LogP contribution is 2.35. The Morgan fingerprint density at radius 2 is 1.92 bits per heavy atom. The molecule has 0 saturated carbocycles. The summed E-state index contributed by atoms with van der Waals surface area (Å²) < 4.78 is 39.3. The molecule has 0 spiro atoms. The van der Waals surface area contributed by atoms with Crippen LogP contribution in [0.3, 0.4) is 0 Å². The van der Waals surface area contributed by atoms with Gasteiger partial charge in [0.2, 0.25) is 0 Å². The lowest BCUT2D eigenvalue weighted by Crippen LogP contribution is -2.08. The number of halogens is 3. The minimum atomic E-state index is -4.37. The van der Waals surface area contributed by atoms with Crippen molar-refractivity contribution in [1.29, 1.82) is 0 Å². The van der Waals surface area contributed by atoms with Gasteiger partial charge in [0.05, 0.1) is 16.8 Å². The third-order valence-electron chi connectivity index (χ3n) is 4.26. The van der Waals surface area contributed by atoms with Gasteiger partial charge in [-0.3, -0.25) is 0 Å². The Kier molecular flexibility index (Phi) is 5.45. The average Bonchev–Trinajstić information content (AvgIpc) is 2.64. The first kappa shape index (κ1) is 18.2. The number of anilines is 1. The zero-order valence-corrected chi connectivity index (χ0v) is 14.5. The number of fused-ring (bicyclic) bond motifs is 1. The molecule has 1 heterocycles. The van der Waals surface area contributed by atoms with Crippen molar-refractivity contribution >= 4 is 16.6 Å². The van der Waals surface area contributed by atoms with Crippen molar-refractivity contribution in [2.24, 2.45) is 0 Å². The SMILES string of the molecule is CCCCCNc1cc(C(F)(F)F)ccc1-c1ccc2cc[c]cc2n1. The zero-order chi connectivity index (χ0) is 18.6. The number of pyridine rings is 1. The summed E-state index contributed by atoms with van der Waals surface area (Å²) in [5.41, 5.74) is 1.88. The van der Waals surface area contributed by atoms with Gasteiger partial charge in [0.25, 0.3) is 0 Å². The number of aromatic nitrogens is 1. The van der Waals surface area contributed by atoms with Crippen LogP contribution >= 0.6 is 0 Å². The van der Waals surface area contributed by atoms with Crippen molar-refractivity contribution in [2.75, 3.05) is 11.9 Å². The summed E-state index contributed by atoms with van der Waals surface area (Å²) in [5.74, 6) is 0. The fraction of sp³-hybridized carbons (Fsp3) is 0.286. The van der Waals surface area contributed by atoms with Gasteiger partial charge in [0.1, 0.15) is 0 Å². The number of unbranched alkanes of at least 4 members (excludes halogenated alkanes) is 2. The van der Waals surface area contributed by atoms with E-state index >= 15 is 0 Å². The van der Waals surface area contributed by atoms with Crippen LogP contribution in [0, 0.1) is 6.07 Å². The molecule has 3 aromatic rings. The highest BCUT2D eigenvalue weighted by atomic mass is 19.4. The molecule has 1 N–H and O–H groups in total. The molecule has 1 radical (unpaired) electrons. The fourth-order valence-electron chi connectivity index (χ4n) is 2.85. The number of nitrogens with zero attached hydrogens (tertiary/aromatic N) is 1. The van der Waals surface area contributed by atoms with E-state index < -0.39 is 11.7 Å². The highest BCUT2D eigenvalue weighted by Gasteiger charge is 2.31. The molecule has 2 nitrogen and oxygen atoms in total. The van der Waals surface area contributed by atoms with Gasteiger partial charge in [-0.1, -0.05) is 44.0 Å². The van der Waals surface area contributed by atoms with Crippen molar-refractivity contribution < 1.29 is 13.2 Å². The van der Waals surface area contributed by atoms with Crippen LogP contribution < -0.4 is 5.32 Å². The van der Waals surface area contributed by atoms with E-state index in [1.54, 1.807) is 6.07 Å². The highest BCUT2D eigenvalue weighted by molar-refractivity contribution is 5.84. The second kappa shape index (κ2) is 7.77. The number of benzene rings is 2. The molecule has 0 aliphatic rings. The molecule has 3 rings (SSSR count). The van der Waals surface area contributed by atoms with Gasteiger partial charge >= 0.3 is 6.18 Å². The van der Waals surface area contributed by atoms with Crippen LogP contribution in [0.5, 0.6) is 0 Å². The molecule has 0 aliphatic heterocycles. The van der Waals surface area contributed by atoms with Crippen molar-refractivity contribution in [3.8, 4) is 11.3 Å². The quantitative estimate of drug-likeness (QED) is 0.522. The molecular weight excluding hydrogens is 337 g/mol. The molecular formula is C21H20F3N2. The first-order valence-electron chi connectivity index (χ1n) is 8.71. The molecule has 0 amide bonds. The van der Waals surface area contributed by atoms with E-state index in [0.29, 0.717) is 23.5 Å². The molecule has 2 aromatic carbocycles. The first-order chi connectivity index (χ1) is 12.5. The molecule has 26 heavy (non-hydrogen) atoms. The summed E-state index contributed by atoms with van der Waals surface area (Å²) >= 11 is 0. The predicted molar refractivity (Wildman–Crippen MR) is 99.0 cm³/mol. The van der Waals surface area contributed by atoms with Gasteiger partial charge in [0.15, 0.2) is 0 Å². The Balaban J connectivity index is 2.00. The van der Waals surface area contributed by atoms with Crippen LogP contribution in [0.2, 0.25) is 0 Å².